The van der Waals surface area contributed by atoms with Gasteiger partial charge in [-0.3, -0.25) is 4.68 Å². The Labute approximate surface area is 105 Å². The highest BCUT2D eigenvalue weighted by Crippen LogP contribution is 2.30. The summed E-state index contributed by atoms with van der Waals surface area (Å²) in [7, 11) is 0. The molecule has 1 aromatic heterocycles. The van der Waals surface area contributed by atoms with Gasteiger partial charge in [0, 0.05) is 5.39 Å². The highest BCUT2D eigenvalue weighted by Gasteiger charge is 2.18. The number of carbonyl (C=O) groups is 1. The Kier molecular flexibility index (Phi) is 2.78. The van der Waals surface area contributed by atoms with Crippen LogP contribution in [0.1, 0.15) is 48.5 Å². The van der Waals surface area contributed by atoms with E-state index < -0.39 is 5.97 Å². The molecule has 4 heteroatoms. The summed E-state index contributed by atoms with van der Waals surface area (Å²) in [5.74, 6) is -0.887. The maximum absolute atomic E-state index is 10.9. The van der Waals surface area contributed by atoms with Crippen LogP contribution in [0.2, 0.25) is 0 Å². The van der Waals surface area contributed by atoms with E-state index in [-0.39, 0.29) is 0 Å². The maximum Gasteiger partial charge on any atom is 0.335 e. The van der Waals surface area contributed by atoms with Crippen LogP contribution in [-0.2, 0) is 0 Å². The van der Waals surface area contributed by atoms with Crippen LogP contribution in [0, 0.1) is 0 Å². The van der Waals surface area contributed by atoms with E-state index in [0.717, 1.165) is 10.9 Å². The van der Waals surface area contributed by atoms with Crippen molar-refractivity contribution in [2.24, 2.45) is 0 Å². The monoisotopic (exact) mass is 244 g/mol. The van der Waals surface area contributed by atoms with Crippen molar-refractivity contribution in [1.29, 1.82) is 0 Å². The van der Waals surface area contributed by atoms with Gasteiger partial charge in [0.15, 0.2) is 0 Å². The van der Waals surface area contributed by atoms with Crippen molar-refractivity contribution in [3.05, 3.63) is 30.0 Å². The summed E-state index contributed by atoms with van der Waals surface area (Å²) >= 11 is 0. The fraction of sp³-hybridized carbons (Fsp3) is 0.429. The van der Waals surface area contributed by atoms with E-state index in [1.54, 1.807) is 18.3 Å². The van der Waals surface area contributed by atoms with Crippen molar-refractivity contribution in [1.82, 2.24) is 9.78 Å². The lowest BCUT2D eigenvalue weighted by molar-refractivity contribution is 0.0697. The van der Waals surface area contributed by atoms with E-state index in [1.165, 1.54) is 32.1 Å². The number of benzene rings is 1. The molecule has 4 nitrogen and oxygen atoms in total. The van der Waals surface area contributed by atoms with Gasteiger partial charge in [-0.15, -0.1) is 0 Å². The summed E-state index contributed by atoms with van der Waals surface area (Å²) in [6.07, 6.45) is 7.97. The number of nitrogens with zero attached hydrogens (tertiary/aromatic N) is 2. The third kappa shape index (κ3) is 1.88. The first-order valence-corrected chi connectivity index (χ1v) is 6.46. The van der Waals surface area contributed by atoms with Crippen molar-refractivity contribution in [3.8, 4) is 0 Å². The zero-order chi connectivity index (χ0) is 12.5. The maximum atomic E-state index is 10.9. The van der Waals surface area contributed by atoms with Crippen molar-refractivity contribution in [2.45, 2.75) is 38.1 Å². The molecule has 1 aliphatic carbocycles. The first-order valence-electron chi connectivity index (χ1n) is 6.46. The number of hydrogen-bond donors (Lipinski definition) is 1. The van der Waals surface area contributed by atoms with Gasteiger partial charge >= 0.3 is 5.97 Å². The predicted octanol–water partition coefficient (Wildman–Crippen LogP) is 3.24. The van der Waals surface area contributed by atoms with Gasteiger partial charge in [-0.25, -0.2) is 4.79 Å². The molecule has 18 heavy (non-hydrogen) atoms. The third-order valence-corrected chi connectivity index (χ3v) is 3.76. The average Bonchev–Trinajstić information content (AvgIpc) is 2.82. The molecular formula is C14H16N2O2. The molecule has 0 saturated heterocycles. The Balaban J connectivity index is 2.01. The molecule has 2 aromatic rings. The quantitative estimate of drug-likeness (QED) is 0.882. The van der Waals surface area contributed by atoms with Gasteiger partial charge in [-0.2, -0.15) is 5.10 Å². The van der Waals surface area contributed by atoms with E-state index in [2.05, 4.69) is 9.78 Å². The van der Waals surface area contributed by atoms with Gasteiger partial charge in [-0.1, -0.05) is 19.3 Å². The van der Waals surface area contributed by atoms with Crippen molar-refractivity contribution in [3.63, 3.8) is 0 Å². The third-order valence-electron chi connectivity index (χ3n) is 3.76. The Bertz CT molecular complexity index is 582. The van der Waals surface area contributed by atoms with Gasteiger partial charge < -0.3 is 5.11 Å². The van der Waals surface area contributed by atoms with Gasteiger partial charge in [0.25, 0.3) is 0 Å². The molecule has 1 fully saturated rings. The number of fused-ring (bicyclic) bond motifs is 1. The van der Waals surface area contributed by atoms with Crippen molar-refractivity contribution >= 4 is 16.9 Å². The fourth-order valence-corrected chi connectivity index (χ4v) is 2.80. The van der Waals surface area contributed by atoms with Crippen LogP contribution in [0.3, 0.4) is 0 Å². The molecule has 0 amide bonds. The normalized spacial score (nSPS) is 17.1. The van der Waals surface area contributed by atoms with Crippen LogP contribution >= 0.6 is 0 Å². The molecule has 1 aromatic carbocycles. The fourth-order valence-electron chi connectivity index (χ4n) is 2.80. The molecule has 94 valence electrons. The van der Waals surface area contributed by atoms with Crippen molar-refractivity contribution < 1.29 is 9.90 Å². The van der Waals surface area contributed by atoms with Crippen LogP contribution in [0.25, 0.3) is 10.9 Å². The van der Waals surface area contributed by atoms with E-state index >= 15 is 0 Å². The van der Waals surface area contributed by atoms with Crippen LogP contribution < -0.4 is 0 Å². The molecule has 0 radical (unpaired) electrons. The second-order valence-corrected chi connectivity index (χ2v) is 4.96. The van der Waals surface area contributed by atoms with Gasteiger partial charge in [0.2, 0.25) is 0 Å². The first kappa shape index (κ1) is 11.3. The minimum Gasteiger partial charge on any atom is -0.478 e. The summed E-state index contributed by atoms with van der Waals surface area (Å²) in [4.78, 5) is 10.9. The zero-order valence-corrected chi connectivity index (χ0v) is 10.2. The molecule has 0 bridgehead atoms. The predicted molar refractivity (Wildman–Crippen MR) is 68.8 cm³/mol. The first-order chi connectivity index (χ1) is 8.75. The minimum absolute atomic E-state index is 0.325. The Hall–Kier alpha value is -1.84. The number of rotatable bonds is 2. The Morgan fingerprint density at radius 1 is 1.28 bits per heavy atom. The minimum atomic E-state index is -0.887. The summed E-state index contributed by atoms with van der Waals surface area (Å²) < 4.78 is 2.07. The molecule has 1 heterocycles. The Morgan fingerprint density at radius 3 is 2.78 bits per heavy atom. The van der Waals surface area contributed by atoms with E-state index in [4.69, 9.17) is 5.11 Å². The molecule has 1 N–H and O–H groups in total. The van der Waals surface area contributed by atoms with E-state index in [9.17, 15) is 4.79 Å². The number of carboxylic acid groups (broad SMARTS) is 1. The lowest BCUT2D eigenvalue weighted by atomic mass is 9.95. The average molecular weight is 244 g/mol. The van der Waals surface area contributed by atoms with Crippen LogP contribution in [0.4, 0.5) is 0 Å². The van der Waals surface area contributed by atoms with Crippen LogP contribution in [0.15, 0.2) is 24.4 Å². The largest absolute Gasteiger partial charge is 0.478 e. The van der Waals surface area contributed by atoms with Gasteiger partial charge in [0.1, 0.15) is 0 Å². The SMILES string of the molecule is O=C(O)c1ccc2c(cnn2C2CCCCC2)c1. The zero-order valence-electron chi connectivity index (χ0n) is 10.2. The lowest BCUT2D eigenvalue weighted by Crippen LogP contribution is -2.13. The summed E-state index contributed by atoms with van der Waals surface area (Å²) in [5, 5.41) is 14.3. The molecule has 1 aliphatic rings. The second kappa shape index (κ2) is 4.44. The van der Waals surface area contributed by atoms with Crippen molar-refractivity contribution in [2.75, 3.05) is 0 Å². The highest BCUT2D eigenvalue weighted by molar-refractivity contribution is 5.93. The molecule has 3 rings (SSSR count). The number of carboxylic acids is 1. The topological polar surface area (TPSA) is 55.1 Å². The standard InChI is InChI=1S/C14H16N2O2/c17-14(18)10-6-7-13-11(8-10)9-15-16(13)12-4-2-1-3-5-12/h6-9,12H,1-5H2,(H,17,18). The van der Waals surface area contributed by atoms with E-state index in [1.807, 2.05) is 6.07 Å². The number of hydrogen-bond acceptors (Lipinski definition) is 2. The van der Waals surface area contributed by atoms with Crippen LogP contribution in [0.5, 0.6) is 0 Å². The summed E-state index contributed by atoms with van der Waals surface area (Å²) in [5.41, 5.74) is 1.37. The molecular weight excluding hydrogens is 228 g/mol. The summed E-state index contributed by atoms with van der Waals surface area (Å²) in [6, 6.07) is 5.71. The van der Waals surface area contributed by atoms with Gasteiger partial charge in [-0.05, 0) is 31.0 Å². The molecule has 1 saturated carbocycles. The molecule has 0 unspecified atom stereocenters. The van der Waals surface area contributed by atoms with Gasteiger partial charge in [0.05, 0.1) is 23.3 Å². The molecule has 0 spiro atoms. The molecule has 0 aliphatic heterocycles. The smallest absolute Gasteiger partial charge is 0.335 e. The van der Waals surface area contributed by atoms with E-state index in [0.29, 0.717) is 11.6 Å². The second-order valence-electron chi connectivity index (χ2n) is 4.96. The lowest BCUT2D eigenvalue weighted by Gasteiger charge is -2.22. The highest BCUT2D eigenvalue weighted by atomic mass is 16.4. The number of aromatic carboxylic acids is 1. The number of aromatic nitrogens is 2. The molecule has 0 atom stereocenters. The summed E-state index contributed by atoms with van der Waals surface area (Å²) in [6.45, 7) is 0. The van der Waals surface area contributed by atoms with Crippen LogP contribution in [-0.4, -0.2) is 20.9 Å². The Morgan fingerprint density at radius 2 is 2.06 bits per heavy atom.